The summed E-state index contributed by atoms with van der Waals surface area (Å²) in [5, 5.41) is 4.08. The molecule has 0 bridgehead atoms. The molecule has 0 atom stereocenters. The van der Waals surface area contributed by atoms with Crippen molar-refractivity contribution in [2.45, 2.75) is 6.92 Å². The van der Waals surface area contributed by atoms with Gasteiger partial charge in [0.1, 0.15) is 0 Å². The van der Waals surface area contributed by atoms with Gasteiger partial charge >= 0.3 is 0 Å². The molecule has 0 aliphatic carbocycles. The van der Waals surface area contributed by atoms with E-state index in [2.05, 4.69) is 33.1 Å². The summed E-state index contributed by atoms with van der Waals surface area (Å²) in [5.41, 5.74) is 4.78. The van der Waals surface area contributed by atoms with Crippen LogP contribution in [0, 0.1) is 3.57 Å². The average Bonchev–Trinajstić information content (AvgIpc) is 3.06. The van der Waals surface area contributed by atoms with Gasteiger partial charge in [0.2, 0.25) is 6.79 Å². The van der Waals surface area contributed by atoms with Gasteiger partial charge in [-0.15, -0.1) is 0 Å². The number of ether oxygens (including phenoxy) is 2. The van der Waals surface area contributed by atoms with E-state index in [1.165, 1.54) is 0 Å². The van der Waals surface area contributed by atoms with Gasteiger partial charge in [-0.2, -0.15) is 5.10 Å². The highest BCUT2D eigenvalue weighted by Crippen LogP contribution is 2.32. The lowest BCUT2D eigenvalue weighted by molar-refractivity contribution is 0.0955. The van der Waals surface area contributed by atoms with Crippen molar-refractivity contribution in [1.82, 2.24) is 5.43 Å². The fourth-order valence-corrected chi connectivity index (χ4v) is 2.44. The Balaban J connectivity index is 1.61. The van der Waals surface area contributed by atoms with Crippen LogP contribution >= 0.6 is 22.6 Å². The van der Waals surface area contributed by atoms with Gasteiger partial charge in [0.15, 0.2) is 11.5 Å². The topological polar surface area (TPSA) is 59.9 Å². The van der Waals surface area contributed by atoms with E-state index in [0.29, 0.717) is 11.3 Å². The molecule has 6 heteroatoms. The molecule has 1 amide bonds. The Morgan fingerprint density at radius 2 is 1.92 bits per heavy atom. The predicted octanol–water partition coefficient (Wildman–Crippen LogP) is 3.84. The fraction of sp³-hybridized carbons (Fsp3) is 0.111. The van der Waals surface area contributed by atoms with Crippen molar-refractivity contribution in [3.05, 3.63) is 63.2 Å². The molecule has 3 rings (SSSR count). The highest BCUT2D eigenvalue weighted by molar-refractivity contribution is 14.1. The summed E-state index contributed by atoms with van der Waals surface area (Å²) in [6.45, 7) is 2.07. The number of benzene rings is 2. The molecule has 2 aromatic carbocycles. The second kappa shape index (κ2) is 7.48. The number of amides is 1. The van der Waals surface area contributed by atoms with E-state index in [-0.39, 0.29) is 12.7 Å². The summed E-state index contributed by atoms with van der Waals surface area (Å²) < 4.78 is 11.7. The second-order valence-electron chi connectivity index (χ2n) is 5.15. The van der Waals surface area contributed by atoms with E-state index < -0.39 is 0 Å². The molecule has 1 aliphatic rings. The van der Waals surface area contributed by atoms with Crippen molar-refractivity contribution < 1.29 is 14.3 Å². The maximum absolute atomic E-state index is 12.0. The first-order valence-electron chi connectivity index (χ1n) is 7.30. The Bertz CT molecular complexity index is 814. The molecule has 0 saturated heterocycles. The third kappa shape index (κ3) is 4.14. The van der Waals surface area contributed by atoms with E-state index in [4.69, 9.17) is 9.47 Å². The molecule has 24 heavy (non-hydrogen) atoms. The van der Waals surface area contributed by atoms with Gasteiger partial charge in [-0.05, 0) is 77.6 Å². The highest BCUT2D eigenvalue weighted by Gasteiger charge is 2.12. The first-order valence-corrected chi connectivity index (χ1v) is 8.37. The average molecular weight is 434 g/mol. The Kier molecular flexibility index (Phi) is 5.14. The van der Waals surface area contributed by atoms with Crippen LogP contribution in [0.15, 0.2) is 53.6 Å². The lowest BCUT2D eigenvalue weighted by atomic mass is 10.2. The number of carbonyl (C=O) groups excluding carboxylic acids is 1. The lowest BCUT2D eigenvalue weighted by Gasteiger charge is -2.01. The van der Waals surface area contributed by atoms with Crippen LogP contribution in [0.3, 0.4) is 0 Å². The lowest BCUT2D eigenvalue weighted by Crippen LogP contribution is -2.18. The molecule has 0 unspecified atom stereocenters. The van der Waals surface area contributed by atoms with Crippen LogP contribution in [-0.4, -0.2) is 18.4 Å². The number of carbonyl (C=O) groups is 1. The molecule has 5 nitrogen and oxygen atoms in total. The first-order chi connectivity index (χ1) is 11.6. The zero-order valence-corrected chi connectivity index (χ0v) is 15.1. The molecule has 0 saturated carbocycles. The number of rotatable bonds is 4. The van der Waals surface area contributed by atoms with Crippen LogP contribution < -0.4 is 14.9 Å². The smallest absolute Gasteiger partial charge is 0.271 e. The molecule has 0 radical (unpaired) electrons. The largest absolute Gasteiger partial charge is 0.454 e. The summed E-state index contributed by atoms with van der Waals surface area (Å²) in [6.07, 6.45) is 3.73. The van der Waals surface area contributed by atoms with Gasteiger partial charge in [0, 0.05) is 9.13 Å². The third-order valence-electron chi connectivity index (χ3n) is 3.35. The Labute approximate surface area is 153 Å². The Hall–Kier alpha value is -2.35. The molecule has 2 aromatic rings. The number of hydrogen-bond donors (Lipinski definition) is 1. The van der Waals surface area contributed by atoms with Gasteiger partial charge in [0.05, 0.1) is 5.71 Å². The number of fused-ring (bicyclic) bond motifs is 1. The molecular formula is C18H15IN2O3. The van der Waals surface area contributed by atoms with Gasteiger partial charge < -0.3 is 9.47 Å². The highest BCUT2D eigenvalue weighted by atomic mass is 127. The number of allylic oxidation sites excluding steroid dienone is 1. The van der Waals surface area contributed by atoms with Crippen LogP contribution in [0.4, 0.5) is 0 Å². The minimum atomic E-state index is -0.234. The summed E-state index contributed by atoms with van der Waals surface area (Å²) in [5.74, 6) is 1.25. The fourth-order valence-electron chi connectivity index (χ4n) is 2.08. The number of nitrogens with zero attached hydrogens (tertiary/aromatic N) is 1. The zero-order chi connectivity index (χ0) is 16.9. The maximum Gasteiger partial charge on any atom is 0.271 e. The Morgan fingerprint density at radius 3 is 2.71 bits per heavy atom. The summed E-state index contributed by atoms with van der Waals surface area (Å²) in [7, 11) is 0. The van der Waals surface area contributed by atoms with Crippen LogP contribution in [0.25, 0.3) is 6.08 Å². The summed E-state index contributed by atoms with van der Waals surface area (Å²) in [6, 6.07) is 13.0. The molecule has 1 N–H and O–H groups in total. The van der Waals surface area contributed by atoms with E-state index >= 15 is 0 Å². The van der Waals surface area contributed by atoms with E-state index in [1.54, 1.807) is 12.1 Å². The van der Waals surface area contributed by atoms with Gasteiger partial charge in [-0.3, -0.25) is 4.79 Å². The monoisotopic (exact) mass is 434 g/mol. The molecule has 1 aliphatic heterocycles. The molecular weight excluding hydrogens is 419 g/mol. The van der Waals surface area contributed by atoms with Crippen molar-refractivity contribution >= 4 is 40.3 Å². The Morgan fingerprint density at radius 1 is 1.17 bits per heavy atom. The number of halogens is 1. The van der Waals surface area contributed by atoms with Gasteiger partial charge in [-0.25, -0.2) is 5.43 Å². The van der Waals surface area contributed by atoms with Crippen LogP contribution in [-0.2, 0) is 0 Å². The van der Waals surface area contributed by atoms with Crippen LogP contribution in [0.5, 0.6) is 11.5 Å². The molecule has 0 aromatic heterocycles. The van der Waals surface area contributed by atoms with E-state index in [1.807, 2.05) is 49.4 Å². The van der Waals surface area contributed by atoms with Crippen LogP contribution in [0.2, 0.25) is 0 Å². The quantitative estimate of drug-likeness (QED) is 0.452. The van der Waals surface area contributed by atoms with Crippen LogP contribution in [0.1, 0.15) is 22.8 Å². The van der Waals surface area contributed by atoms with Crippen molar-refractivity contribution in [3.63, 3.8) is 0 Å². The van der Waals surface area contributed by atoms with Crippen molar-refractivity contribution in [1.29, 1.82) is 0 Å². The van der Waals surface area contributed by atoms with E-state index in [9.17, 15) is 4.79 Å². The van der Waals surface area contributed by atoms with Crippen molar-refractivity contribution in [3.8, 4) is 11.5 Å². The van der Waals surface area contributed by atoms with Crippen molar-refractivity contribution in [2.75, 3.05) is 6.79 Å². The minimum absolute atomic E-state index is 0.234. The number of hydrazone groups is 1. The number of hydrogen-bond acceptors (Lipinski definition) is 4. The van der Waals surface area contributed by atoms with Crippen molar-refractivity contribution in [2.24, 2.45) is 5.10 Å². The summed E-state index contributed by atoms with van der Waals surface area (Å²) >= 11 is 2.19. The SMILES string of the molecule is CC(C=Cc1ccc2c(c1)OCO2)=NNC(=O)c1ccc(I)cc1. The van der Waals surface area contributed by atoms with E-state index in [0.717, 1.165) is 20.6 Å². The first kappa shape index (κ1) is 16.5. The number of nitrogens with one attached hydrogen (secondary N) is 1. The predicted molar refractivity (Wildman–Crippen MR) is 101 cm³/mol. The minimum Gasteiger partial charge on any atom is -0.454 e. The normalized spacial score (nSPS) is 13.3. The standard InChI is InChI=1S/C18H15IN2O3/c1-12(20-21-18(22)14-5-7-15(19)8-6-14)2-3-13-4-9-16-17(10-13)24-11-23-16/h2-10H,11H2,1H3,(H,21,22). The third-order valence-corrected chi connectivity index (χ3v) is 4.07. The molecule has 122 valence electrons. The second-order valence-corrected chi connectivity index (χ2v) is 6.39. The van der Waals surface area contributed by atoms with Gasteiger partial charge in [0.25, 0.3) is 5.91 Å². The van der Waals surface area contributed by atoms with Gasteiger partial charge in [-0.1, -0.05) is 12.1 Å². The molecule has 0 spiro atoms. The molecule has 0 fully saturated rings. The molecule has 1 heterocycles. The zero-order valence-electron chi connectivity index (χ0n) is 13.0. The maximum atomic E-state index is 12.0. The summed E-state index contributed by atoms with van der Waals surface area (Å²) in [4.78, 5) is 12.0.